The van der Waals surface area contributed by atoms with Crippen molar-refractivity contribution in [2.24, 2.45) is 0 Å². The Morgan fingerprint density at radius 2 is 1.85 bits per heavy atom. The van der Waals surface area contributed by atoms with E-state index >= 15 is 0 Å². The maximum absolute atomic E-state index is 12.6. The smallest absolute Gasteiger partial charge is 0.293 e. The molecule has 1 fully saturated rings. The maximum Gasteiger partial charge on any atom is 0.293 e. The molecule has 2 aromatic carbocycles. The summed E-state index contributed by atoms with van der Waals surface area (Å²) < 4.78 is 0. The first-order valence-corrected chi connectivity index (χ1v) is 12.6. The van der Waals surface area contributed by atoms with Crippen LogP contribution in [0.2, 0.25) is 5.02 Å². The lowest BCUT2D eigenvalue weighted by Gasteiger charge is -2.13. The molecule has 3 amide bonds. The number of amides is 3. The number of imide groups is 1. The predicted molar refractivity (Wildman–Crippen MR) is 137 cm³/mol. The Kier molecular flexibility index (Phi) is 8.05. The van der Waals surface area contributed by atoms with E-state index in [9.17, 15) is 14.4 Å². The zero-order valence-electron chi connectivity index (χ0n) is 17.9. The van der Waals surface area contributed by atoms with Crippen molar-refractivity contribution in [2.75, 3.05) is 13.1 Å². The molecule has 3 aromatic rings. The molecule has 4 rings (SSSR count). The van der Waals surface area contributed by atoms with E-state index in [1.807, 2.05) is 42.5 Å². The zero-order valence-corrected chi connectivity index (χ0v) is 20.3. The Balaban J connectivity index is 1.26. The van der Waals surface area contributed by atoms with Crippen molar-refractivity contribution in [2.45, 2.75) is 10.6 Å². The lowest BCUT2D eigenvalue weighted by Crippen LogP contribution is -2.37. The summed E-state index contributed by atoms with van der Waals surface area (Å²) in [6.45, 7) is 0.280. The van der Waals surface area contributed by atoms with Crippen LogP contribution in [0.15, 0.2) is 82.9 Å². The summed E-state index contributed by atoms with van der Waals surface area (Å²) in [5, 5.41) is 3.13. The normalized spacial score (nSPS) is 14.6. The number of carbonyl (C=O) groups excluding carboxylic acids is 3. The number of rotatable bonds is 8. The Morgan fingerprint density at radius 1 is 1.09 bits per heavy atom. The van der Waals surface area contributed by atoms with Crippen LogP contribution in [0.1, 0.15) is 21.5 Å². The van der Waals surface area contributed by atoms with E-state index in [2.05, 4.69) is 10.3 Å². The molecule has 0 atom stereocenters. The third-order valence-corrected chi connectivity index (χ3v) is 7.15. The molecule has 6 nitrogen and oxygen atoms in total. The Bertz CT molecular complexity index is 1220. The van der Waals surface area contributed by atoms with Gasteiger partial charge in [0.2, 0.25) is 0 Å². The van der Waals surface area contributed by atoms with Gasteiger partial charge in [-0.05, 0) is 71.4 Å². The fraction of sp³-hybridized carbons (Fsp3) is 0.120. The van der Waals surface area contributed by atoms with Crippen molar-refractivity contribution < 1.29 is 14.4 Å². The fourth-order valence-corrected chi connectivity index (χ4v) is 4.98. The van der Waals surface area contributed by atoms with Crippen molar-refractivity contribution in [1.82, 2.24) is 15.2 Å². The van der Waals surface area contributed by atoms with Gasteiger partial charge in [-0.3, -0.25) is 24.3 Å². The lowest BCUT2D eigenvalue weighted by molar-refractivity contribution is -0.122. The number of hydrogen-bond donors (Lipinski definition) is 1. The van der Waals surface area contributed by atoms with E-state index in [4.69, 9.17) is 11.6 Å². The molecule has 1 aromatic heterocycles. The summed E-state index contributed by atoms with van der Waals surface area (Å²) in [6.07, 6.45) is 4.90. The van der Waals surface area contributed by atoms with Crippen LogP contribution in [0, 0.1) is 0 Å². The molecule has 0 aliphatic carbocycles. The molecular formula is C25H20ClN3O3S2. The van der Waals surface area contributed by atoms with Crippen molar-refractivity contribution >= 4 is 58.3 Å². The summed E-state index contributed by atoms with van der Waals surface area (Å²) in [6, 6.07) is 18.6. The molecule has 34 heavy (non-hydrogen) atoms. The molecule has 1 aliphatic heterocycles. The van der Waals surface area contributed by atoms with Gasteiger partial charge in [-0.2, -0.15) is 0 Å². The van der Waals surface area contributed by atoms with Gasteiger partial charge in [0.15, 0.2) is 0 Å². The molecule has 2 heterocycles. The highest BCUT2D eigenvalue weighted by Gasteiger charge is 2.34. The SMILES string of the molecule is O=C(NCCN1C(=O)S/C(=C/c2cccnc2)C1=O)c1ccc(CSc2ccc(Cl)cc2)cc1. The van der Waals surface area contributed by atoms with Gasteiger partial charge < -0.3 is 5.32 Å². The van der Waals surface area contributed by atoms with E-state index in [-0.39, 0.29) is 30.1 Å². The highest BCUT2D eigenvalue weighted by atomic mass is 35.5. The predicted octanol–water partition coefficient (Wildman–Crippen LogP) is 5.49. The van der Waals surface area contributed by atoms with E-state index in [0.29, 0.717) is 15.5 Å². The molecule has 0 radical (unpaired) electrons. The third-order valence-electron chi connectivity index (χ3n) is 4.91. The van der Waals surface area contributed by atoms with Gasteiger partial charge in [-0.1, -0.05) is 29.8 Å². The molecule has 0 unspecified atom stereocenters. The Labute approximate surface area is 210 Å². The molecular weight excluding hydrogens is 490 g/mol. The number of thioether (sulfide) groups is 2. The molecule has 0 saturated carbocycles. The lowest BCUT2D eigenvalue weighted by atomic mass is 10.1. The van der Waals surface area contributed by atoms with Gasteiger partial charge in [0.05, 0.1) is 4.91 Å². The van der Waals surface area contributed by atoms with E-state index in [1.165, 1.54) is 0 Å². The molecule has 1 N–H and O–H groups in total. The van der Waals surface area contributed by atoms with Gasteiger partial charge in [0.25, 0.3) is 17.1 Å². The van der Waals surface area contributed by atoms with E-state index in [0.717, 1.165) is 38.4 Å². The van der Waals surface area contributed by atoms with Crippen molar-refractivity contribution in [3.63, 3.8) is 0 Å². The van der Waals surface area contributed by atoms with Crippen LogP contribution in [0.5, 0.6) is 0 Å². The minimum atomic E-state index is -0.365. The average Bonchev–Trinajstić information content (AvgIpc) is 3.12. The van der Waals surface area contributed by atoms with Crippen LogP contribution in [0.3, 0.4) is 0 Å². The number of hydrogen-bond acceptors (Lipinski definition) is 6. The molecule has 9 heteroatoms. The van der Waals surface area contributed by atoms with Crippen molar-refractivity contribution in [3.05, 3.63) is 99.7 Å². The number of nitrogens with one attached hydrogen (secondary N) is 1. The number of pyridine rings is 1. The minimum absolute atomic E-state index is 0.108. The van der Waals surface area contributed by atoms with Crippen LogP contribution in [0.25, 0.3) is 6.08 Å². The largest absolute Gasteiger partial charge is 0.350 e. The number of aromatic nitrogens is 1. The second-order valence-corrected chi connectivity index (χ2v) is 9.79. The molecule has 1 saturated heterocycles. The van der Waals surface area contributed by atoms with Crippen LogP contribution in [-0.2, 0) is 10.5 Å². The van der Waals surface area contributed by atoms with Gasteiger partial charge >= 0.3 is 0 Å². The summed E-state index contributed by atoms with van der Waals surface area (Å²) in [5.41, 5.74) is 2.36. The third kappa shape index (κ3) is 6.28. The Hall–Kier alpha value is -3.07. The maximum atomic E-state index is 12.6. The van der Waals surface area contributed by atoms with Crippen molar-refractivity contribution in [3.8, 4) is 0 Å². The summed E-state index contributed by atoms with van der Waals surface area (Å²) in [4.78, 5) is 43.9. The molecule has 172 valence electrons. The first-order valence-electron chi connectivity index (χ1n) is 10.4. The van der Waals surface area contributed by atoms with Crippen LogP contribution in [-0.4, -0.2) is 40.0 Å². The van der Waals surface area contributed by atoms with Crippen LogP contribution >= 0.6 is 35.1 Å². The standard InChI is InChI=1S/C25H20ClN3O3S2/c26-20-7-9-21(10-8-20)33-16-17-3-5-19(6-4-17)23(30)28-12-13-29-24(31)22(34-25(29)32)14-18-2-1-11-27-15-18/h1-11,14-15H,12-13,16H2,(H,28,30)/b22-14+. The van der Waals surface area contributed by atoms with Crippen molar-refractivity contribution in [1.29, 1.82) is 0 Å². The second-order valence-electron chi connectivity index (χ2n) is 7.32. The van der Waals surface area contributed by atoms with Crippen LogP contribution < -0.4 is 5.32 Å². The first-order chi connectivity index (χ1) is 16.5. The fourth-order valence-electron chi connectivity index (χ4n) is 3.14. The monoisotopic (exact) mass is 509 g/mol. The summed E-state index contributed by atoms with van der Waals surface area (Å²) in [5.74, 6) is 0.153. The number of nitrogens with zero attached hydrogens (tertiary/aromatic N) is 2. The Morgan fingerprint density at radius 3 is 2.56 bits per heavy atom. The molecule has 0 spiro atoms. The van der Waals surface area contributed by atoms with Gasteiger partial charge in [-0.15, -0.1) is 11.8 Å². The van der Waals surface area contributed by atoms with Crippen LogP contribution in [0.4, 0.5) is 4.79 Å². The highest BCUT2D eigenvalue weighted by Crippen LogP contribution is 2.31. The number of carbonyl (C=O) groups is 3. The second kappa shape index (κ2) is 11.4. The van der Waals surface area contributed by atoms with Gasteiger partial charge in [0, 0.05) is 46.7 Å². The highest BCUT2D eigenvalue weighted by molar-refractivity contribution is 8.18. The average molecular weight is 510 g/mol. The van der Waals surface area contributed by atoms with Gasteiger partial charge in [-0.25, -0.2) is 0 Å². The van der Waals surface area contributed by atoms with E-state index < -0.39 is 0 Å². The summed E-state index contributed by atoms with van der Waals surface area (Å²) in [7, 11) is 0. The number of halogens is 1. The topological polar surface area (TPSA) is 79.4 Å². The molecule has 0 bridgehead atoms. The molecule has 1 aliphatic rings. The van der Waals surface area contributed by atoms with E-state index in [1.54, 1.807) is 48.4 Å². The quantitative estimate of drug-likeness (QED) is 0.319. The minimum Gasteiger partial charge on any atom is -0.350 e. The number of benzene rings is 2. The first kappa shape index (κ1) is 24.1. The zero-order chi connectivity index (χ0) is 23.9. The van der Waals surface area contributed by atoms with Gasteiger partial charge in [0.1, 0.15) is 0 Å². The summed E-state index contributed by atoms with van der Waals surface area (Å²) >= 11 is 8.48.